The molecular formula is C36H33F2N3O8. The number of anilines is 2. The maximum Gasteiger partial charge on any atom is 0.414 e. The number of fused-ring (bicyclic) bond motifs is 5. The van der Waals surface area contributed by atoms with Crippen LogP contribution in [-0.4, -0.2) is 66.8 Å². The number of esters is 1. The quantitative estimate of drug-likeness (QED) is 0.246. The molecule has 1 N–H and O–H groups in total. The van der Waals surface area contributed by atoms with Crippen LogP contribution >= 0.6 is 0 Å². The third-order valence-electron chi connectivity index (χ3n) is 9.56. The Kier molecular flexibility index (Phi) is 7.86. The minimum Gasteiger partial charge on any atom is -0.490 e. The van der Waals surface area contributed by atoms with Gasteiger partial charge >= 0.3 is 12.1 Å². The molecule has 3 fully saturated rings. The summed E-state index contributed by atoms with van der Waals surface area (Å²) in [4.78, 5) is 42.0. The van der Waals surface area contributed by atoms with Gasteiger partial charge in [-0.15, -0.1) is 0 Å². The molecule has 254 valence electrons. The number of aromatic nitrogens is 1. The second-order valence-electron chi connectivity index (χ2n) is 12.9. The summed E-state index contributed by atoms with van der Waals surface area (Å²) in [5, 5.41) is 9.34. The van der Waals surface area contributed by atoms with Gasteiger partial charge in [0.15, 0.2) is 23.1 Å². The third-order valence-corrected chi connectivity index (χ3v) is 9.56. The van der Waals surface area contributed by atoms with Crippen LogP contribution in [0.1, 0.15) is 41.2 Å². The SMILES string of the molecule is O=C(OCc1ccccc1)c1cn(C2CC2)c2c3c(c(F)cc2c1=O)N1C[C@@H](COc2ccc(N4C[C@H](CO)OC4=O)cc2F)C[C@H]1CO3. The van der Waals surface area contributed by atoms with Crippen LogP contribution in [0.25, 0.3) is 10.9 Å². The fourth-order valence-electron chi connectivity index (χ4n) is 6.99. The van der Waals surface area contributed by atoms with Crippen molar-refractivity contribution in [2.24, 2.45) is 5.92 Å². The molecule has 3 aromatic carbocycles. The van der Waals surface area contributed by atoms with Gasteiger partial charge in [-0.2, -0.15) is 0 Å². The Balaban J connectivity index is 1.02. The number of hydrogen-bond donors (Lipinski definition) is 1. The first-order valence-corrected chi connectivity index (χ1v) is 16.3. The summed E-state index contributed by atoms with van der Waals surface area (Å²) in [6.45, 7) is 0.626. The Hall–Kier alpha value is -5.17. The highest BCUT2D eigenvalue weighted by Crippen LogP contribution is 2.48. The zero-order valence-corrected chi connectivity index (χ0v) is 26.3. The molecule has 1 aliphatic carbocycles. The first-order chi connectivity index (χ1) is 23.8. The number of aliphatic hydroxyl groups is 1. The molecule has 8 rings (SSSR count). The zero-order chi connectivity index (χ0) is 33.8. The van der Waals surface area contributed by atoms with Gasteiger partial charge in [0.25, 0.3) is 0 Å². The average Bonchev–Trinajstić information content (AvgIpc) is 3.75. The van der Waals surface area contributed by atoms with Crippen molar-refractivity contribution in [2.45, 2.75) is 44.1 Å². The molecule has 13 heteroatoms. The van der Waals surface area contributed by atoms with Crippen molar-refractivity contribution < 1.29 is 42.4 Å². The predicted molar refractivity (Wildman–Crippen MR) is 173 cm³/mol. The molecule has 4 aliphatic rings. The van der Waals surface area contributed by atoms with Crippen LogP contribution in [0.5, 0.6) is 11.5 Å². The van der Waals surface area contributed by atoms with Crippen molar-refractivity contribution in [2.75, 3.05) is 42.7 Å². The van der Waals surface area contributed by atoms with E-state index < -0.39 is 35.2 Å². The number of benzene rings is 3. The van der Waals surface area contributed by atoms with Crippen LogP contribution in [0.15, 0.2) is 65.6 Å². The van der Waals surface area contributed by atoms with Gasteiger partial charge in [-0.3, -0.25) is 9.69 Å². The summed E-state index contributed by atoms with van der Waals surface area (Å²) >= 11 is 0. The predicted octanol–water partition coefficient (Wildman–Crippen LogP) is 4.96. The maximum atomic E-state index is 16.0. The molecule has 0 bridgehead atoms. The van der Waals surface area contributed by atoms with Gasteiger partial charge in [0.2, 0.25) is 5.43 Å². The second-order valence-corrected chi connectivity index (χ2v) is 12.9. The van der Waals surface area contributed by atoms with Gasteiger partial charge in [0.05, 0.1) is 42.4 Å². The number of aliphatic hydroxyl groups excluding tert-OH is 1. The minimum absolute atomic E-state index is 0.00225. The Morgan fingerprint density at radius 3 is 2.55 bits per heavy atom. The molecule has 1 aromatic heterocycles. The summed E-state index contributed by atoms with van der Waals surface area (Å²) in [5.41, 5.74) is 1.01. The van der Waals surface area contributed by atoms with Gasteiger partial charge in [-0.1, -0.05) is 30.3 Å². The highest BCUT2D eigenvalue weighted by molar-refractivity contribution is 5.98. The molecular weight excluding hydrogens is 640 g/mol. The lowest BCUT2D eigenvalue weighted by Crippen LogP contribution is -2.39. The smallest absolute Gasteiger partial charge is 0.414 e. The standard InChI is InChI=1S/C36H33F2N3O8/c37-28-11-23(41-14-25(16-42)49-36(41)45)8-9-30(28)46-18-21-10-24-19-47-34-31-26(12-29(38)32(34)39(24)13-21)33(43)27(15-40(31)22-6-7-22)35(44)48-17-20-4-2-1-3-5-20/h1-5,8-9,11-12,15,21-22,24-25,42H,6-7,10,13-14,16-19H2/t21-,24-,25+/m0/s1. The van der Waals surface area contributed by atoms with E-state index in [0.717, 1.165) is 18.4 Å². The molecule has 11 nitrogen and oxygen atoms in total. The summed E-state index contributed by atoms with van der Waals surface area (Å²) < 4.78 is 55.5. The zero-order valence-electron chi connectivity index (χ0n) is 26.3. The monoisotopic (exact) mass is 673 g/mol. The summed E-state index contributed by atoms with van der Waals surface area (Å²) in [7, 11) is 0. The molecule has 1 amide bonds. The number of carbonyl (C=O) groups excluding carboxylic acids is 2. The Labute approximate surface area is 279 Å². The van der Waals surface area contributed by atoms with E-state index in [1.807, 2.05) is 39.8 Å². The molecule has 0 spiro atoms. The van der Waals surface area contributed by atoms with Crippen molar-refractivity contribution in [1.29, 1.82) is 0 Å². The summed E-state index contributed by atoms with van der Waals surface area (Å²) in [6.07, 6.45) is 2.49. The number of pyridine rings is 1. The third kappa shape index (κ3) is 5.71. The van der Waals surface area contributed by atoms with Crippen LogP contribution in [0.4, 0.5) is 25.0 Å². The minimum atomic E-state index is -0.772. The Morgan fingerprint density at radius 1 is 1.00 bits per heavy atom. The molecule has 49 heavy (non-hydrogen) atoms. The number of cyclic esters (lactones) is 1. The van der Waals surface area contributed by atoms with Gasteiger partial charge in [-0.05, 0) is 43.0 Å². The molecule has 3 aliphatic heterocycles. The number of rotatable bonds is 9. The number of carbonyl (C=O) groups is 2. The normalized spacial score (nSPS) is 21.3. The molecule has 4 aromatic rings. The van der Waals surface area contributed by atoms with E-state index in [1.54, 1.807) is 6.07 Å². The van der Waals surface area contributed by atoms with E-state index >= 15 is 8.78 Å². The van der Waals surface area contributed by atoms with Crippen molar-refractivity contribution in [3.63, 3.8) is 0 Å². The van der Waals surface area contributed by atoms with E-state index in [1.165, 1.54) is 29.3 Å². The number of hydrogen-bond acceptors (Lipinski definition) is 9. The highest BCUT2D eigenvalue weighted by atomic mass is 19.1. The lowest BCUT2D eigenvalue weighted by molar-refractivity contribution is 0.0470. The molecule has 1 saturated carbocycles. The fraction of sp³-hybridized carbons (Fsp3) is 0.361. The molecule has 0 radical (unpaired) electrons. The second kappa shape index (κ2) is 12.4. The van der Waals surface area contributed by atoms with E-state index in [-0.39, 0.29) is 79.1 Å². The topological polar surface area (TPSA) is 120 Å². The van der Waals surface area contributed by atoms with Crippen molar-refractivity contribution in [3.05, 3.63) is 93.8 Å². The average molecular weight is 674 g/mol. The summed E-state index contributed by atoms with van der Waals surface area (Å²) in [5.74, 6) is -1.85. The maximum absolute atomic E-state index is 16.0. The largest absolute Gasteiger partial charge is 0.490 e. The lowest BCUT2D eigenvalue weighted by atomic mass is 10.1. The first-order valence-electron chi connectivity index (χ1n) is 16.3. The number of ether oxygens (including phenoxy) is 4. The van der Waals surface area contributed by atoms with Crippen molar-refractivity contribution >= 4 is 34.3 Å². The van der Waals surface area contributed by atoms with Gasteiger partial charge < -0.3 is 33.5 Å². The van der Waals surface area contributed by atoms with Crippen LogP contribution in [0.2, 0.25) is 0 Å². The Morgan fingerprint density at radius 2 is 1.82 bits per heavy atom. The first kappa shape index (κ1) is 31.1. The molecule has 4 heterocycles. The Bertz CT molecular complexity index is 2020. The van der Waals surface area contributed by atoms with E-state index in [2.05, 4.69) is 0 Å². The fourth-order valence-corrected chi connectivity index (χ4v) is 6.99. The molecule has 3 atom stereocenters. The van der Waals surface area contributed by atoms with Crippen molar-refractivity contribution in [1.82, 2.24) is 4.57 Å². The van der Waals surface area contributed by atoms with Gasteiger partial charge in [-0.25, -0.2) is 18.4 Å². The van der Waals surface area contributed by atoms with E-state index in [9.17, 15) is 19.5 Å². The van der Waals surface area contributed by atoms with Crippen LogP contribution < -0.4 is 24.7 Å². The van der Waals surface area contributed by atoms with Crippen molar-refractivity contribution in [3.8, 4) is 11.5 Å². The van der Waals surface area contributed by atoms with Crippen LogP contribution in [-0.2, 0) is 16.1 Å². The van der Waals surface area contributed by atoms with Gasteiger partial charge in [0, 0.05) is 30.8 Å². The lowest BCUT2D eigenvalue weighted by Gasteiger charge is -2.34. The number of nitrogens with zero attached hydrogens (tertiary/aromatic N) is 3. The number of amides is 1. The van der Waals surface area contributed by atoms with E-state index in [0.29, 0.717) is 24.2 Å². The molecule has 2 saturated heterocycles. The van der Waals surface area contributed by atoms with Crippen LogP contribution in [0, 0.1) is 17.6 Å². The molecule has 0 unspecified atom stereocenters. The van der Waals surface area contributed by atoms with E-state index in [4.69, 9.17) is 18.9 Å². The van der Waals surface area contributed by atoms with Gasteiger partial charge in [0.1, 0.15) is 30.6 Å². The highest BCUT2D eigenvalue weighted by Gasteiger charge is 2.41. The number of halogens is 2. The summed E-state index contributed by atoms with van der Waals surface area (Å²) in [6, 6.07) is 14.4. The van der Waals surface area contributed by atoms with Crippen LogP contribution in [0.3, 0.4) is 0 Å².